The lowest BCUT2D eigenvalue weighted by Gasteiger charge is -2.26. The average molecular weight is 282 g/mol. The van der Waals surface area contributed by atoms with E-state index < -0.39 is 0 Å². The molecule has 21 heavy (non-hydrogen) atoms. The Morgan fingerprint density at radius 2 is 2.10 bits per heavy atom. The van der Waals surface area contributed by atoms with Crippen molar-refractivity contribution in [3.05, 3.63) is 53.6 Å². The summed E-state index contributed by atoms with van der Waals surface area (Å²) in [7, 11) is 1.61. The Hall–Kier alpha value is -2.49. The summed E-state index contributed by atoms with van der Waals surface area (Å²) in [4.78, 5) is 0. The molecule has 0 aromatic heterocycles. The predicted molar refractivity (Wildman–Crippen MR) is 84.4 cm³/mol. The molecule has 4 heteroatoms. The normalized spacial score (nSPS) is 14.2. The van der Waals surface area contributed by atoms with Crippen molar-refractivity contribution in [2.24, 2.45) is 5.10 Å². The quantitative estimate of drug-likeness (QED) is 0.879. The molecule has 3 rings (SSSR count). The molecule has 1 N–H and O–H groups in total. The van der Waals surface area contributed by atoms with E-state index in [0.29, 0.717) is 11.3 Å². The Balaban J connectivity index is 1.87. The Labute approximate surface area is 124 Å². The van der Waals surface area contributed by atoms with Crippen molar-refractivity contribution < 1.29 is 9.84 Å². The maximum Gasteiger partial charge on any atom is 0.124 e. The number of phenolic OH excluding ortho intramolecular Hbond substituents is 1. The van der Waals surface area contributed by atoms with Crippen LogP contribution in [0.2, 0.25) is 0 Å². The van der Waals surface area contributed by atoms with E-state index in [0.717, 1.165) is 25.1 Å². The third kappa shape index (κ3) is 2.84. The third-order valence-electron chi connectivity index (χ3n) is 3.66. The van der Waals surface area contributed by atoms with Crippen molar-refractivity contribution in [3.63, 3.8) is 0 Å². The second-order valence-electron chi connectivity index (χ2n) is 5.02. The lowest BCUT2D eigenvalue weighted by atomic mass is 10.0. The highest BCUT2D eigenvalue weighted by molar-refractivity contribution is 5.84. The highest BCUT2D eigenvalue weighted by Crippen LogP contribution is 2.27. The van der Waals surface area contributed by atoms with E-state index >= 15 is 0 Å². The van der Waals surface area contributed by atoms with E-state index in [1.54, 1.807) is 31.5 Å². The number of methoxy groups -OCH3 is 1. The molecule has 1 aliphatic rings. The van der Waals surface area contributed by atoms with Gasteiger partial charge in [-0.1, -0.05) is 18.2 Å². The number of fused-ring (bicyclic) bond motifs is 1. The minimum atomic E-state index is 0.199. The molecular formula is C17H18N2O2. The summed E-state index contributed by atoms with van der Waals surface area (Å²) < 4.78 is 5.17. The van der Waals surface area contributed by atoms with Gasteiger partial charge < -0.3 is 9.84 Å². The number of hydrogen-bond donors (Lipinski definition) is 1. The van der Waals surface area contributed by atoms with E-state index in [9.17, 15) is 5.11 Å². The minimum absolute atomic E-state index is 0.199. The summed E-state index contributed by atoms with van der Waals surface area (Å²) in [6.07, 6.45) is 3.85. The summed E-state index contributed by atoms with van der Waals surface area (Å²) >= 11 is 0. The molecule has 2 aromatic carbocycles. The van der Waals surface area contributed by atoms with Crippen LogP contribution in [0.15, 0.2) is 47.6 Å². The van der Waals surface area contributed by atoms with E-state index in [1.807, 2.05) is 11.1 Å². The number of nitrogens with zero attached hydrogens (tertiary/aromatic N) is 2. The van der Waals surface area contributed by atoms with Gasteiger partial charge in [-0.15, -0.1) is 0 Å². The van der Waals surface area contributed by atoms with E-state index in [-0.39, 0.29) is 5.75 Å². The zero-order chi connectivity index (χ0) is 14.7. The summed E-state index contributed by atoms with van der Waals surface area (Å²) in [6.45, 7) is 0.887. The van der Waals surface area contributed by atoms with Crippen LogP contribution >= 0.6 is 0 Å². The molecule has 0 radical (unpaired) electrons. The topological polar surface area (TPSA) is 45.1 Å². The van der Waals surface area contributed by atoms with Gasteiger partial charge in [0, 0.05) is 12.1 Å². The minimum Gasteiger partial charge on any atom is -0.507 e. The molecule has 4 nitrogen and oxygen atoms in total. The monoisotopic (exact) mass is 282 g/mol. The van der Waals surface area contributed by atoms with Gasteiger partial charge in [0.25, 0.3) is 0 Å². The smallest absolute Gasteiger partial charge is 0.124 e. The first kappa shape index (κ1) is 13.5. The van der Waals surface area contributed by atoms with Gasteiger partial charge in [-0.3, -0.25) is 5.01 Å². The van der Waals surface area contributed by atoms with Gasteiger partial charge in [0.2, 0.25) is 0 Å². The number of hydrazone groups is 1. The van der Waals surface area contributed by atoms with Crippen molar-refractivity contribution in [3.8, 4) is 11.5 Å². The fourth-order valence-corrected chi connectivity index (χ4v) is 2.53. The number of benzene rings is 2. The van der Waals surface area contributed by atoms with Crippen molar-refractivity contribution in [1.29, 1.82) is 0 Å². The molecular weight excluding hydrogens is 264 g/mol. The van der Waals surface area contributed by atoms with Gasteiger partial charge in [-0.2, -0.15) is 5.10 Å². The van der Waals surface area contributed by atoms with Crippen molar-refractivity contribution in [1.82, 2.24) is 0 Å². The second kappa shape index (κ2) is 5.87. The summed E-state index contributed by atoms with van der Waals surface area (Å²) in [6, 6.07) is 13.4. The van der Waals surface area contributed by atoms with Crippen LogP contribution in [-0.4, -0.2) is 25.0 Å². The SMILES string of the molecule is COc1ccc(O)c(C=NN2CCCc3ccccc32)c1. The first-order chi connectivity index (χ1) is 10.3. The van der Waals surface area contributed by atoms with Crippen LogP contribution in [0.25, 0.3) is 0 Å². The molecule has 108 valence electrons. The number of aromatic hydroxyl groups is 1. The predicted octanol–water partition coefficient (Wildman–Crippen LogP) is 3.19. The van der Waals surface area contributed by atoms with Crippen LogP contribution in [0, 0.1) is 0 Å². The third-order valence-corrected chi connectivity index (χ3v) is 3.66. The number of rotatable bonds is 3. The maximum atomic E-state index is 9.89. The molecule has 0 unspecified atom stereocenters. The van der Waals surface area contributed by atoms with Crippen LogP contribution in [0.5, 0.6) is 11.5 Å². The first-order valence-corrected chi connectivity index (χ1v) is 7.04. The van der Waals surface area contributed by atoms with Gasteiger partial charge in [-0.25, -0.2) is 0 Å². The standard InChI is InChI=1S/C17H18N2O2/c1-21-15-8-9-17(20)14(11-15)12-18-19-10-4-6-13-5-2-3-7-16(13)19/h2-3,5,7-9,11-12,20H,4,6,10H2,1H3. The van der Waals surface area contributed by atoms with E-state index in [1.165, 1.54) is 5.56 Å². The molecule has 0 bridgehead atoms. The lowest BCUT2D eigenvalue weighted by molar-refractivity contribution is 0.412. The van der Waals surface area contributed by atoms with E-state index in [2.05, 4.69) is 23.3 Å². The highest BCUT2D eigenvalue weighted by Gasteiger charge is 2.15. The molecule has 0 atom stereocenters. The molecule has 0 spiro atoms. The fraction of sp³-hybridized carbons (Fsp3) is 0.235. The van der Waals surface area contributed by atoms with E-state index in [4.69, 9.17) is 4.74 Å². The molecule has 0 fully saturated rings. The van der Waals surface area contributed by atoms with Gasteiger partial charge in [0.15, 0.2) is 0 Å². The zero-order valence-corrected chi connectivity index (χ0v) is 12.0. The van der Waals surface area contributed by atoms with Crippen LogP contribution < -0.4 is 9.75 Å². The van der Waals surface area contributed by atoms with Crippen LogP contribution in [0.1, 0.15) is 17.5 Å². The first-order valence-electron chi connectivity index (χ1n) is 7.04. The Morgan fingerprint density at radius 1 is 1.24 bits per heavy atom. The average Bonchev–Trinajstić information content (AvgIpc) is 2.54. The molecule has 2 aromatic rings. The number of anilines is 1. The molecule has 0 saturated carbocycles. The van der Waals surface area contributed by atoms with Crippen molar-refractivity contribution in [2.75, 3.05) is 18.7 Å². The van der Waals surface area contributed by atoms with Crippen molar-refractivity contribution in [2.45, 2.75) is 12.8 Å². The number of phenols is 1. The summed E-state index contributed by atoms with van der Waals surface area (Å²) in [5, 5.41) is 16.4. The summed E-state index contributed by atoms with van der Waals surface area (Å²) in [5.41, 5.74) is 3.11. The lowest BCUT2D eigenvalue weighted by Crippen LogP contribution is -2.24. The van der Waals surface area contributed by atoms with Gasteiger partial charge >= 0.3 is 0 Å². The number of para-hydroxylation sites is 1. The van der Waals surface area contributed by atoms with Gasteiger partial charge in [0.1, 0.15) is 11.5 Å². The highest BCUT2D eigenvalue weighted by atomic mass is 16.5. The van der Waals surface area contributed by atoms with Crippen LogP contribution in [0.3, 0.4) is 0 Å². The summed E-state index contributed by atoms with van der Waals surface area (Å²) in [5.74, 6) is 0.901. The fourth-order valence-electron chi connectivity index (χ4n) is 2.53. The Kier molecular flexibility index (Phi) is 3.77. The molecule has 0 amide bonds. The number of aryl methyl sites for hydroxylation is 1. The largest absolute Gasteiger partial charge is 0.507 e. The van der Waals surface area contributed by atoms with Crippen molar-refractivity contribution >= 4 is 11.9 Å². The molecule has 1 heterocycles. The zero-order valence-electron chi connectivity index (χ0n) is 12.0. The molecule has 0 aliphatic carbocycles. The van der Waals surface area contributed by atoms with Crippen LogP contribution in [0.4, 0.5) is 5.69 Å². The van der Waals surface area contributed by atoms with Crippen LogP contribution in [-0.2, 0) is 6.42 Å². The van der Waals surface area contributed by atoms with Gasteiger partial charge in [0.05, 0.1) is 19.0 Å². The Morgan fingerprint density at radius 3 is 2.95 bits per heavy atom. The second-order valence-corrected chi connectivity index (χ2v) is 5.02. The van der Waals surface area contributed by atoms with Gasteiger partial charge in [-0.05, 0) is 42.7 Å². The molecule has 1 aliphatic heterocycles. The Bertz CT molecular complexity index is 668. The molecule has 0 saturated heterocycles. The number of ether oxygens (including phenoxy) is 1. The maximum absolute atomic E-state index is 9.89. The number of hydrogen-bond acceptors (Lipinski definition) is 4.